The normalized spacial score (nSPS) is 21.7. The molecule has 2 aliphatic carbocycles. The van der Waals surface area contributed by atoms with Crippen LogP contribution in [0.5, 0.6) is 0 Å². The lowest BCUT2D eigenvalue weighted by atomic mass is 9.70. The highest BCUT2D eigenvalue weighted by atomic mass is 32.2. The van der Waals surface area contributed by atoms with Gasteiger partial charge < -0.3 is 0 Å². The van der Waals surface area contributed by atoms with Crippen molar-refractivity contribution in [3.8, 4) is 0 Å². The van der Waals surface area contributed by atoms with Gasteiger partial charge in [-0.25, -0.2) is 13.1 Å². The Hall–Kier alpha value is -2.43. The molecule has 186 valence electrons. The Morgan fingerprint density at radius 2 is 1.17 bits per heavy atom. The van der Waals surface area contributed by atoms with Crippen LogP contribution in [0.15, 0.2) is 89.8 Å². The molecule has 0 aliphatic heterocycles. The summed E-state index contributed by atoms with van der Waals surface area (Å²) in [6.45, 7) is 4.11. The van der Waals surface area contributed by atoms with Crippen LogP contribution in [-0.2, 0) is 15.4 Å². The Kier molecular flexibility index (Phi) is 8.46. The van der Waals surface area contributed by atoms with Crippen molar-refractivity contribution in [3.63, 3.8) is 0 Å². The lowest BCUT2D eigenvalue weighted by Crippen LogP contribution is -2.50. The second-order valence-corrected chi connectivity index (χ2v) is 12.0. The highest BCUT2D eigenvalue weighted by Gasteiger charge is 2.50. The minimum absolute atomic E-state index is 0.218. The first-order valence-electron chi connectivity index (χ1n) is 13.1. The SMILES string of the molecule is C1CCCCC1.Cc1ccc(S(=O)(=O)N[C@@H]2[C@H](C)CCC2(c2ccccc2)c2ccccc2)cc1. The zero-order chi connectivity index (χ0) is 24.7. The molecule has 5 rings (SSSR count). The number of rotatable bonds is 5. The quantitative estimate of drug-likeness (QED) is 0.406. The van der Waals surface area contributed by atoms with Crippen LogP contribution in [0.1, 0.15) is 75.0 Å². The van der Waals surface area contributed by atoms with Gasteiger partial charge in [0.1, 0.15) is 0 Å². The third-order valence-corrected chi connectivity index (χ3v) is 9.24. The molecule has 3 aromatic rings. The molecule has 0 heterocycles. The summed E-state index contributed by atoms with van der Waals surface area (Å²) in [5.74, 6) is 0.218. The average molecular weight is 490 g/mol. The van der Waals surface area contributed by atoms with Gasteiger partial charge in [0.05, 0.1) is 4.90 Å². The van der Waals surface area contributed by atoms with E-state index in [0.29, 0.717) is 4.90 Å². The van der Waals surface area contributed by atoms with Crippen molar-refractivity contribution < 1.29 is 8.42 Å². The fourth-order valence-electron chi connectivity index (χ4n) is 5.78. The largest absolute Gasteiger partial charge is 0.240 e. The van der Waals surface area contributed by atoms with E-state index in [9.17, 15) is 8.42 Å². The van der Waals surface area contributed by atoms with E-state index in [2.05, 4.69) is 35.9 Å². The van der Waals surface area contributed by atoms with Gasteiger partial charge in [0.2, 0.25) is 10.0 Å². The monoisotopic (exact) mass is 489 g/mol. The van der Waals surface area contributed by atoms with Crippen LogP contribution in [0.4, 0.5) is 0 Å². The number of hydrogen-bond donors (Lipinski definition) is 1. The topological polar surface area (TPSA) is 46.2 Å². The Labute approximate surface area is 212 Å². The molecule has 1 N–H and O–H groups in total. The number of aryl methyl sites for hydroxylation is 1. The summed E-state index contributed by atoms with van der Waals surface area (Å²) in [5.41, 5.74) is 2.97. The summed E-state index contributed by atoms with van der Waals surface area (Å²) in [6.07, 6.45) is 10.9. The van der Waals surface area contributed by atoms with Crippen molar-refractivity contribution in [1.29, 1.82) is 0 Å². The molecule has 4 heteroatoms. The van der Waals surface area contributed by atoms with Gasteiger partial charge in [0.15, 0.2) is 0 Å². The van der Waals surface area contributed by atoms with E-state index in [1.165, 1.54) is 38.5 Å². The number of nitrogens with one attached hydrogen (secondary N) is 1. The van der Waals surface area contributed by atoms with E-state index in [1.807, 2.05) is 55.5 Å². The molecule has 0 aromatic heterocycles. The summed E-state index contributed by atoms with van der Waals surface area (Å²) >= 11 is 0. The molecule has 2 fully saturated rings. The van der Waals surface area contributed by atoms with Crippen molar-refractivity contribution in [2.75, 3.05) is 0 Å². The van der Waals surface area contributed by atoms with Gasteiger partial charge in [0, 0.05) is 11.5 Å². The predicted octanol–water partition coefficient (Wildman–Crippen LogP) is 7.40. The first kappa shape index (κ1) is 25.7. The van der Waals surface area contributed by atoms with Crippen molar-refractivity contribution in [2.24, 2.45) is 5.92 Å². The average Bonchev–Trinajstić information content (AvgIpc) is 3.23. The van der Waals surface area contributed by atoms with E-state index >= 15 is 0 Å². The first-order valence-corrected chi connectivity index (χ1v) is 14.6. The highest BCUT2D eigenvalue weighted by molar-refractivity contribution is 7.89. The van der Waals surface area contributed by atoms with E-state index in [-0.39, 0.29) is 17.4 Å². The lowest BCUT2D eigenvalue weighted by Gasteiger charge is -2.38. The van der Waals surface area contributed by atoms with Crippen LogP contribution in [0.2, 0.25) is 0 Å². The molecule has 35 heavy (non-hydrogen) atoms. The highest BCUT2D eigenvalue weighted by Crippen LogP contribution is 2.49. The van der Waals surface area contributed by atoms with Gasteiger partial charge in [0.25, 0.3) is 0 Å². The summed E-state index contributed by atoms with van der Waals surface area (Å²) in [6, 6.07) is 27.5. The molecule has 2 atom stereocenters. The number of benzene rings is 3. The standard InChI is InChI=1S/C25H27NO2S.C6H12/c1-19-13-15-23(16-14-19)29(27,28)26-24-20(2)17-18-25(24,21-9-5-3-6-10-21)22-11-7-4-8-12-22;1-2-4-6-5-3-1/h3-16,20,24,26H,17-18H2,1-2H3;1-6H2/t20-,24-;/m1./s1. The Balaban J connectivity index is 0.000000421. The van der Waals surface area contributed by atoms with Gasteiger partial charge in [-0.2, -0.15) is 0 Å². The van der Waals surface area contributed by atoms with Crippen LogP contribution in [0.25, 0.3) is 0 Å². The Morgan fingerprint density at radius 3 is 1.63 bits per heavy atom. The fraction of sp³-hybridized carbons (Fsp3) is 0.419. The molecule has 2 aliphatic rings. The van der Waals surface area contributed by atoms with Gasteiger partial charge in [-0.1, -0.05) is 124 Å². The molecule has 0 saturated heterocycles. The van der Waals surface area contributed by atoms with Gasteiger partial charge in [-0.15, -0.1) is 0 Å². The molecule has 3 nitrogen and oxygen atoms in total. The molecular weight excluding hydrogens is 450 g/mol. The molecule has 0 radical (unpaired) electrons. The number of sulfonamides is 1. The van der Waals surface area contributed by atoms with Crippen LogP contribution in [0, 0.1) is 12.8 Å². The molecule has 0 unspecified atom stereocenters. The van der Waals surface area contributed by atoms with Crippen molar-refractivity contribution in [3.05, 3.63) is 102 Å². The molecule has 0 bridgehead atoms. The van der Waals surface area contributed by atoms with Crippen molar-refractivity contribution >= 4 is 10.0 Å². The third kappa shape index (κ3) is 5.87. The Morgan fingerprint density at radius 1 is 0.714 bits per heavy atom. The second kappa shape index (κ2) is 11.5. The molecule has 2 saturated carbocycles. The van der Waals surface area contributed by atoms with Gasteiger partial charge in [-0.05, 0) is 48.9 Å². The van der Waals surface area contributed by atoms with Gasteiger partial charge in [-0.3, -0.25) is 0 Å². The zero-order valence-corrected chi connectivity index (χ0v) is 21.9. The smallest absolute Gasteiger partial charge is 0.207 e. The lowest BCUT2D eigenvalue weighted by molar-refractivity contribution is 0.383. The second-order valence-electron chi connectivity index (χ2n) is 10.3. The summed E-state index contributed by atoms with van der Waals surface area (Å²) in [4.78, 5) is 0.317. The molecular formula is C31H39NO2S. The predicted molar refractivity (Wildman–Crippen MR) is 145 cm³/mol. The first-order chi connectivity index (χ1) is 16.9. The van der Waals surface area contributed by atoms with E-state index in [1.54, 1.807) is 12.1 Å². The van der Waals surface area contributed by atoms with E-state index in [4.69, 9.17) is 0 Å². The maximum Gasteiger partial charge on any atom is 0.240 e. The molecule has 0 amide bonds. The van der Waals surface area contributed by atoms with Gasteiger partial charge >= 0.3 is 0 Å². The van der Waals surface area contributed by atoms with E-state index < -0.39 is 10.0 Å². The van der Waals surface area contributed by atoms with Crippen LogP contribution in [0.3, 0.4) is 0 Å². The van der Waals surface area contributed by atoms with Crippen LogP contribution < -0.4 is 4.72 Å². The fourth-order valence-corrected chi connectivity index (χ4v) is 7.18. The summed E-state index contributed by atoms with van der Waals surface area (Å²) < 4.78 is 29.7. The minimum Gasteiger partial charge on any atom is -0.207 e. The minimum atomic E-state index is -3.63. The Bertz CT molecular complexity index is 1100. The maximum absolute atomic E-state index is 13.3. The van der Waals surface area contributed by atoms with E-state index in [0.717, 1.165) is 29.5 Å². The third-order valence-electron chi connectivity index (χ3n) is 7.79. The summed E-state index contributed by atoms with van der Waals surface area (Å²) in [5, 5.41) is 0. The van der Waals surface area contributed by atoms with Crippen LogP contribution >= 0.6 is 0 Å². The van der Waals surface area contributed by atoms with Crippen molar-refractivity contribution in [1.82, 2.24) is 4.72 Å². The van der Waals surface area contributed by atoms with Crippen molar-refractivity contribution in [2.45, 2.75) is 81.6 Å². The summed E-state index contributed by atoms with van der Waals surface area (Å²) in [7, 11) is -3.63. The maximum atomic E-state index is 13.3. The molecule has 0 spiro atoms. The number of hydrogen-bond acceptors (Lipinski definition) is 2. The van der Waals surface area contributed by atoms with Crippen LogP contribution in [-0.4, -0.2) is 14.5 Å². The zero-order valence-electron chi connectivity index (χ0n) is 21.1. The molecule has 3 aromatic carbocycles.